The van der Waals surface area contributed by atoms with E-state index >= 15 is 0 Å². The number of allylic oxidation sites excluding steroid dienone is 1. The number of hydrogen-bond acceptors (Lipinski definition) is 2. The highest BCUT2D eigenvalue weighted by atomic mass is 19.4. The molecule has 72 valence electrons. The molecule has 0 unspecified atom stereocenters. The maximum Gasteiger partial charge on any atom is 0.431 e. The monoisotopic (exact) mass is 182 g/mol. The van der Waals surface area contributed by atoms with Crippen LogP contribution in [0.5, 0.6) is 0 Å². The van der Waals surface area contributed by atoms with Crippen LogP contribution in [0.2, 0.25) is 0 Å². The number of hydrogen-bond donors (Lipinski definition) is 1. The zero-order valence-electron chi connectivity index (χ0n) is 7.20. The van der Waals surface area contributed by atoms with Gasteiger partial charge in [-0.1, -0.05) is 13.5 Å². The second kappa shape index (κ2) is 4.35. The highest BCUT2D eigenvalue weighted by Gasteiger charge is 2.32. The maximum atomic E-state index is 11.9. The summed E-state index contributed by atoms with van der Waals surface area (Å²) in [6.45, 7) is 5.30. The predicted molar refractivity (Wildman–Crippen MR) is 41.3 cm³/mol. The Balaban J connectivity index is 3.85. The van der Waals surface area contributed by atoms with E-state index in [2.05, 4.69) is 12.0 Å². The maximum absolute atomic E-state index is 11.9. The number of hydrazine groups is 1. The van der Waals surface area contributed by atoms with Gasteiger partial charge >= 0.3 is 6.18 Å². The Kier molecular flexibility index (Phi) is 4.09. The van der Waals surface area contributed by atoms with Crippen molar-refractivity contribution in [2.45, 2.75) is 19.5 Å². The Labute approximate surface area is 70.0 Å². The molecule has 0 fully saturated rings. The summed E-state index contributed by atoms with van der Waals surface area (Å²) in [6.07, 6.45) is -3.57. The average Bonchev–Trinajstić information content (AvgIpc) is 1.85. The van der Waals surface area contributed by atoms with Crippen LogP contribution in [0, 0.1) is 0 Å². The van der Waals surface area contributed by atoms with E-state index in [1.807, 2.05) is 6.92 Å². The van der Waals surface area contributed by atoms with Gasteiger partial charge < -0.3 is 5.43 Å². The minimum Gasteiger partial charge on any atom is -0.316 e. The quantitative estimate of drug-likeness (QED) is 0.668. The van der Waals surface area contributed by atoms with Gasteiger partial charge in [0.15, 0.2) is 0 Å². The highest BCUT2D eigenvalue weighted by Crippen LogP contribution is 2.21. The molecule has 0 radical (unpaired) electrons. The van der Waals surface area contributed by atoms with Gasteiger partial charge in [0.05, 0.1) is 0 Å². The zero-order chi connectivity index (χ0) is 9.78. The third-order valence-electron chi connectivity index (χ3n) is 1.23. The molecule has 0 saturated heterocycles. The van der Waals surface area contributed by atoms with Crippen LogP contribution in [-0.2, 0) is 0 Å². The molecular weight excluding hydrogens is 169 g/mol. The van der Waals surface area contributed by atoms with Gasteiger partial charge in [0.25, 0.3) is 0 Å². The lowest BCUT2D eigenvalue weighted by atomic mass is 10.4. The number of nitrogens with zero attached hydrogens (tertiary/aromatic N) is 1. The molecule has 0 aliphatic carbocycles. The highest BCUT2D eigenvalue weighted by molar-refractivity contribution is 4.97. The van der Waals surface area contributed by atoms with Crippen molar-refractivity contribution in [3.63, 3.8) is 0 Å². The summed E-state index contributed by atoms with van der Waals surface area (Å²) in [5, 5.41) is 1.36. The smallest absolute Gasteiger partial charge is 0.316 e. The third kappa shape index (κ3) is 4.23. The van der Waals surface area contributed by atoms with Gasteiger partial charge in [-0.3, -0.25) is 0 Å². The van der Waals surface area contributed by atoms with E-state index in [0.29, 0.717) is 6.54 Å². The van der Waals surface area contributed by atoms with Crippen LogP contribution in [0.4, 0.5) is 13.2 Å². The Hall–Kier alpha value is -0.710. The lowest BCUT2D eigenvalue weighted by Crippen LogP contribution is -2.38. The van der Waals surface area contributed by atoms with Gasteiger partial charge in [0.1, 0.15) is 5.70 Å². The zero-order valence-corrected chi connectivity index (χ0v) is 7.20. The molecule has 0 aromatic heterocycles. The van der Waals surface area contributed by atoms with Crippen molar-refractivity contribution in [1.82, 2.24) is 10.4 Å². The van der Waals surface area contributed by atoms with E-state index in [0.717, 1.165) is 6.42 Å². The molecule has 0 rings (SSSR count). The van der Waals surface area contributed by atoms with Crippen LogP contribution in [0.25, 0.3) is 0 Å². The summed E-state index contributed by atoms with van der Waals surface area (Å²) < 4.78 is 35.6. The largest absolute Gasteiger partial charge is 0.431 e. The summed E-state index contributed by atoms with van der Waals surface area (Å²) in [4.78, 5) is 0. The molecule has 0 spiro atoms. The molecule has 1 N–H and O–H groups in total. The van der Waals surface area contributed by atoms with Crippen molar-refractivity contribution in [2.75, 3.05) is 13.6 Å². The van der Waals surface area contributed by atoms with Crippen LogP contribution in [-0.4, -0.2) is 24.8 Å². The Morgan fingerprint density at radius 1 is 1.50 bits per heavy atom. The first kappa shape index (κ1) is 11.3. The molecule has 0 aliphatic rings. The summed E-state index contributed by atoms with van der Waals surface area (Å²) in [5.74, 6) is 0. The van der Waals surface area contributed by atoms with Crippen LogP contribution in [0.1, 0.15) is 13.3 Å². The molecular formula is C7H13F3N2. The van der Waals surface area contributed by atoms with Gasteiger partial charge in [-0.2, -0.15) is 13.2 Å². The molecule has 0 saturated carbocycles. The Morgan fingerprint density at radius 2 is 2.00 bits per heavy atom. The van der Waals surface area contributed by atoms with Crippen LogP contribution in [0.15, 0.2) is 12.3 Å². The molecule has 0 aliphatic heterocycles. The number of rotatable bonds is 4. The van der Waals surface area contributed by atoms with Crippen molar-refractivity contribution in [1.29, 1.82) is 0 Å². The molecule has 5 heteroatoms. The standard InChI is InChI=1S/C7H13F3N2/c1-4-5-12(3)11-6(2)7(8,9)10/h11H,2,4-5H2,1,3H3. The lowest BCUT2D eigenvalue weighted by Gasteiger charge is -2.21. The first-order chi connectivity index (χ1) is 5.38. The molecule has 0 atom stereocenters. The fourth-order valence-corrected chi connectivity index (χ4v) is 0.685. The van der Waals surface area contributed by atoms with Gasteiger partial charge in [-0.25, -0.2) is 5.01 Å². The average molecular weight is 182 g/mol. The van der Waals surface area contributed by atoms with Crippen molar-refractivity contribution in [3.8, 4) is 0 Å². The summed E-state index contributed by atoms with van der Waals surface area (Å²) in [6, 6.07) is 0. The van der Waals surface area contributed by atoms with Crippen molar-refractivity contribution >= 4 is 0 Å². The van der Waals surface area contributed by atoms with Crippen LogP contribution >= 0.6 is 0 Å². The molecule has 12 heavy (non-hydrogen) atoms. The van der Waals surface area contributed by atoms with E-state index in [1.54, 1.807) is 7.05 Å². The van der Waals surface area contributed by atoms with E-state index in [4.69, 9.17) is 0 Å². The van der Waals surface area contributed by atoms with Gasteiger partial charge in [0.2, 0.25) is 0 Å². The molecule has 0 aromatic rings. The normalized spacial score (nSPS) is 11.8. The van der Waals surface area contributed by atoms with Crippen LogP contribution in [0.3, 0.4) is 0 Å². The lowest BCUT2D eigenvalue weighted by molar-refractivity contribution is -0.102. The summed E-state index contributed by atoms with van der Waals surface area (Å²) >= 11 is 0. The number of alkyl halides is 3. The Morgan fingerprint density at radius 3 is 2.33 bits per heavy atom. The SMILES string of the molecule is C=C(NN(C)CCC)C(F)(F)F. The Bertz CT molecular complexity index is 153. The molecule has 0 aromatic carbocycles. The van der Waals surface area contributed by atoms with Crippen molar-refractivity contribution in [3.05, 3.63) is 12.3 Å². The first-order valence-corrected chi connectivity index (χ1v) is 3.61. The molecule has 0 heterocycles. The minimum atomic E-state index is -4.36. The topological polar surface area (TPSA) is 15.3 Å². The van der Waals surface area contributed by atoms with E-state index < -0.39 is 11.9 Å². The van der Waals surface area contributed by atoms with Crippen molar-refractivity contribution < 1.29 is 13.2 Å². The third-order valence-corrected chi connectivity index (χ3v) is 1.23. The van der Waals surface area contributed by atoms with Gasteiger partial charge in [-0.15, -0.1) is 0 Å². The van der Waals surface area contributed by atoms with E-state index in [-0.39, 0.29) is 0 Å². The second-order valence-electron chi connectivity index (χ2n) is 2.51. The molecule has 2 nitrogen and oxygen atoms in total. The number of halogens is 3. The number of nitrogens with one attached hydrogen (secondary N) is 1. The second-order valence-corrected chi connectivity index (χ2v) is 2.51. The molecule has 0 bridgehead atoms. The van der Waals surface area contributed by atoms with Gasteiger partial charge in [0, 0.05) is 13.6 Å². The van der Waals surface area contributed by atoms with E-state index in [9.17, 15) is 13.2 Å². The summed E-state index contributed by atoms with van der Waals surface area (Å²) in [5.41, 5.74) is 1.20. The predicted octanol–water partition coefficient (Wildman–Crippen LogP) is 1.91. The van der Waals surface area contributed by atoms with Gasteiger partial charge in [-0.05, 0) is 6.42 Å². The first-order valence-electron chi connectivity index (χ1n) is 3.61. The van der Waals surface area contributed by atoms with E-state index in [1.165, 1.54) is 5.01 Å². The summed E-state index contributed by atoms with van der Waals surface area (Å²) in [7, 11) is 1.54. The molecule has 0 amide bonds. The fraction of sp³-hybridized carbons (Fsp3) is 0.714. The minimum absolute atomic E-state index is 0.551. The van der Waals surface area contributed by atoms with Crippen molar-refractivity contribution in [2.24, 2.45) is 0 Å². The van der Waals surface area contributed by atoms with Crippen LogP contribution < -0.4 is 5.43 Å². The fourth-order valence-electron chi connectivity index (χ4n) is 0.685.